The molecule has 1 heterocycles. The molecule has 1 aromatic carbocycles. The fourth-order valence-corrected chi connectivity index (χ4v) is 2.46. The summed E-state index contributed by atoms with van der Waals surface area (Å²) < 4.78 is 0. The number of carbonyl (C=O) groups excluding carboxylic acids is 1. The van der Waals surface area contributed by atoms with Crippen LogP contribution in [0.15, 0.2) is 24.3 Å². The lowest BCUT2D eigenvalue weighted by molar-refractivity contribution is -0.131. The predicted molar refractivity (Wildman–Crippen MR) is 79.8 cm³/mol. The van der Waals surface area contributed by atoms with Crippen molar-refractivity contribution in [3.63, 3.8) is 0 Å². The first-order chi connectivity index (χ1) is 9.70. The smallest absolute Gasteiger partial charge is 0.222 e. The molecule has 0 bridgehead atoms. The van der Waals surface area contributed by atoms with E-state index in [1.807, 2.05) is 17.0 Å². The maximum absolute atomic E-state index is 12.0. The second-order valence-electron chi connectivity index (χ2n) is 5.13. The van der Waals surface area contributed by atoms with Crippen LogP contribution in [0.25, 0.3) is 0 Å². The van der Waals surface area contributed by atoms with Crippen LogP contribution in [0.1, 0.15) is 19.3 Å². The second kappa shape index (κ2) is 7.14. The monoisotopic (exact) mass is 277 g/mol. The van der Waals surface area contributed by atoms with E-state index in [0.717, 1.165) is 44.7 Å². The molecule has 5 heteroatoms. The Hall–Kier alpha value is -1.75. The third kappa shape index (κ3) is 3.87. The van der Waals surface area contributed by atoms with Crippen LogP contribution in [0.4, 0.5) is 5.69 Å². The fourth-order valence-electron chi connectivity index (χ4n) is 2.46. The lowest BCUT2D eigenvalue weighted by Gasteiger charge is -2.36. The van der Waals surface area contributed by atoms with Crippen LogP contribution in [-0.4, -0.2) is 48.6 Å². The van der Waals surface area contributed by atoms with Gasteiger partial charge in [-0.05, 0) is 43.7 Å². The van der Waals surface area contributed by atoms with Crippen molar-refractivity contribution in [1.82, 2.24) is 4.90 Å². The summed E-state index contributed by atoms with van der Waals surface area (Å²) in [7, 11) is 0. The number of benzene rings is 1. The van der Waals surface area contributed by atoms with Crippen LogP contribution < -0.4 is 10.6 Å². The maximum atomic E-state index is 12.0. The molecule has 0 aromatic heterocycles. The van der Waals surface area contributed by atoms with Gasteiger partial charge in [0.1, 0.15) is 5.75 Å². The molecule has 110 valence electrons. The van der Waals surface area contributed by atoms with Gasteiger partial charge in [0.2, 0.25) is 5.91 Å². The number of carbonyl (C=O) groups is 1. The molecule has 1 amide bonds. The Labute approximate surface area is 120 Å². The number of hydrogen-bond donors (Lipinski definition) is 2. The summed E-state index contributed by atoms with van der Waals surface area (Å²) in [6.45, 7) is 3.87. The minimum Gasteiger partial charge on any atom is -0.508 e. The molecule has 0 radical (unpaired) electrons. The molecular weight excluding hydrogens is 254 g/mol. The van der Waals surface area contributed by atoms with E-state index < -0.39 is 0 Å². The molecule has 1 fully saturated rings. The van der Waals surface area contributed by atoms with Gasteiger partial charge in [-0.3, -0.25) is 4.79 Å². The number of aromatic hydroxyl groups is 1. The maximum Gasteiger partial charge on any atom is 0.222 e. The Morgan fingerprint density at radius 1 is 1.10 bits per heavy atom. The summed E-state index contributed by atoms with van der Waals surface area (Å²) in [5.74, 6) is 0.520. The van der Waals surface area contributed by atoms with Crippen LogP contribution >= 0.6 is 0 Å². The summed E-state index contributed by atoms with van der Waals surface area (Å²) in [5.41, 5.74) is 6.53. The van der Waals surface area contributed by atoms with Crippen molar-refractivity contribution >= 4 is 11.6 Å². The van der Waals surface area contributed by atoms with Gasteiger partial charge in [0, 0.05) is 38.3 Å². The molecule has 0 unspecified atom stereocenters. The highest BCUT2D eigenvalue weighted by molar-refractivity contribution is 5.76. The van der Waals surface area contributed by atoms with Crippen molar-refractivity contribution < 1.29 is 9.90 Å². The standard InChI is InChI=1S/C15H23N3O2/c16-8-2-1-3-15(20)18-11-9-17(10-12-18)13-4-6-14(19)7-5-13/h4-7,19H,1-3,8-12,16H2. The summed E-state index contributed by atoms with van der Waals surface area (Å²) in [6.07, 6.45) is 2.41. The quantitative estimate of drug-likeness (QED) is 0.793. The number of anilines is 1. The van der Waals surface area contributed by atoms with E-state index in [-0.39, 0.29) is 11.7 Å². The van der Waals surface area contributed by atoms with Crippen LogP contribution in [-0.2, 0) is 4.79 Å². The first-order valence-electron chi connectivity index (χ1n) is 7.22. The molecule has 1 saturated heterocycles. The van der Waals surface area contributed by atoms with Gasteiger partial charge in [-0.25, -0.2) is 0 Å². The Morgan fingerprint density at radius 2 is 1.75 bits per heavy atom. The van der Waals surface area contributed by atoms with E-state index >= 15 is 0 Å². The van der Waals surface area contributed by atoms with Gasteiger partial charge in [-0.2, -0.15) is 0 Å². The van der Waals surface area contributed by atoms with E-state index in [9.17, 15) is 9.90 Å². The van der Waals surface area contributed by atoms with Crippen molar-refractivity contribution in [1.29, 1.82) is 0 Å². The summed E-state index contributed by atoms with van der Waals surface area (Å²) in [6, 6.07) is 7.21. The van der Waals surface area contributed by atoms with Crippen LogP contribution in [0, 0.1) is 0 Å². The molecule has 1 aromatic rings. The lowest BCUT2D eigenvalue weighted by Crippen LogP contribution is -2.48. The Morgan fingerprint density at radius 3 is 2.35 bits per heavy atom. The number of nitrogens with two attached hydrogens (primary N) is 1. The van der Waals surface area contributed by atoms with E-state index in [4.69, 9.17) is 5.73 Å². The Balaban J connectivity index is 1.80. The van der Waals surface area contributed by atoms with Gasteiger partial charge in [0.05, 0.1) is 0 Å². The number of amides is 1. The molecule has 0 saturated carbocycles. The number of phenolic OH excluding ortho intramolecular Hbond substituents is 1. The highest BCUT2D eigenvalue weighted by Crippen LogP contribution is 2.20. The van der Waals surface area contributed by atoms with E-state index in [1.165, 1.54) is 0 Å². The first-order valence-corrected chi connectivity index (χ1v) is 7.22. The van der Waals surface area contributed by atoms with Crippen LogP contribution in [0.3, 0.4) is 0 Å². The van der Waals surface area contributed by atoms with Gasteiger partial charge >= 0.3 is 0 Å². The van der Waals surface area contributed by atoms with E-state index in [2.05, 4.69) is 4.90 Å². The van der Waals surface area contributed by atoms with Crippen molar-refractivity contribution in [3.8, 4) is 5.75 Å². The third-order valence-electron chi connectivity index (χ3n) is 3.69. The zero-order valence-electron chi connectivity index (χ0n) is 11.8. The normalized spacial score (nSPS) is 15.4. The predicted octanol–water partition coefficient (Wildman–Crippen LogP) is 1.17. The number of piperazine rings is 1. The number of unbranched alkanes of at least 4 members (excludes halogenated alkanes) is 1. The van der Waals surface area contributed by atoms with Gasteiger partial charge in [-0.1, -0.05) is 0 Å². The number of hydrogen-bond acceptors (Lipinski definition) is 4. The molecule has 0 aliphatic carbocycles. The summed E-state index contributed by atoms with van der Waals surface area (Å²) in [4.78, 5) is 16.2. The third-order valence-corrected chi connectivity index (χ3v) is 3.69. The number of rotatable bonds is 5. The zero-order valence-corrected chi connectivity index (χ0v) is 11.8. The largest absolute Gasteiger partial charge is 0.508 e. The molecule has 0 spiro atoms. The summed E-state index contributed by atoms with van der Waals surface area (Å²) in [5, 5.41) is 9.29. The topological polar surface area (TPSA) is 69.8 Å². The second-order valence-corrected chi connectivity index (χ2v) is 5.13. The number of nitrogens with zero attached hydrogens (tertiary/aromatic N) is 2. The Kier molecular flexibility index (Phi) is 5.24. The minimum atomic E-state index is 0.240. The van der Waals surface area contributed by atoms with Gasteiger partial charge in [0.15, 0.2) is 0 Å². The van der Waals surface area contributed by atoms with Gasteiger partial charge in [-0.15, -0.1) is 0 Å². The van der Waals surface area contributed by atoms with Crippen molar-refractivity contribution in [2.45, 2.75) is 19.3 Å². The lowest BCUT2D eigenvalue weighted by atomic mass is 10.2. The SMILES string of the molecule is NCCCCC(=O)N1CCN(c2ccc(O)cc2)CC1. The Bertz CT molecular complexity index is 425. The van der Waals surface area contributed by atoms with Gasteiger partial charge < -0.3 is 20.6 Å². The highest BCUT2D eigenvalue weighted by Gasteiger charge is 2.20. The molecule has 3 N–H and O–H groups in total. The van der Waals surface area contributed by atoms with E-state index in [0.29, 0.717) is 13.0 Å². The van der Waals surface area contributed by atoms with E-state index in [1.54, 1.807) is 12.1 Å². The molecular formula is C15H23N3O2. The van der Waals surface area contributed by atoms with Gasteiger partial charge in [0.25, 0.3) is 0 Å². The molecule has 1 aliphatic rings. The minimum absolute atomic E-state index is 0.240. The fraction of sp³-hybridized carbons (Fsp3) is 0.533. The first kappa shape index (κ1) is 14.7. The number of phenols is 1. The molecule has 5 nitrogen and oxygen atoms in total. The molecule has 1 aliphatic heterocycles. The van der Waals surface area contributed by atoms with Crippen LogP contribution in [0.5, 0.6) is 5.75 Å². The van der Waals surface area contributed by atoms with Crippen molar-refractivity contribution in [2.24, 2.45) is 5.73 Å². The molecule has 2 rings (SSSR count). The van der Waals surface area contributed by atoms with Crippen LogP contribution in [0.2, 0.25) is 0 Å². The summed E-state index contributed by atoms with van der Waals surface area (Å²) >= 11 is 0. The van der Waals surface area contributed by atoms with Crippen molar-refractivity contribution in [3.05, 3.63) is 24.3 Å². The zero-order chi connectivity index (χ0) is 14.4. The average Bonchev–Trinajstić information content (AvgIpc) is 2.48. The highest BCUT2D eigenvalue weighted by atomic mass is 16.3. The molecule has 0 atom stereocenters. The molecule has 20 heavy (non-hydrogen) atoms. The van der Waals surface area contributed by atoms with Crippen molar-refractivity contribution in [2.75, 3.05) is 37.6 Å². The average molecular weight is 277 g/mol.